The molecule has 0 N–H and O–H groups in total. The van der Waals surface area contributed by atoms with Gasteiger partial charge >= 0.3 is 6.09 Å². The highest BCUT2D eigenvalue weighted by molar-refractivity contribution is 14.1. The van der Waals surface area contributed by atoms with Crippen molar-refractivity contribution in [2.45, 2.75) is 52.0 Å². The predicted octanol–water partition coefficient (Wildman–Crippen LogP) is 6.19. The first-order chi connectivity index (χ1) is 16.2. The molecule has 4 rings (SSSR count). The number of ether oxygens (including phenoxy) is 2. The first-order valence-corrected chi connectivity index (χ1v) is 12.4. The number of halogens is 2. The second-order valence-corrected chi connectivity index (χ2v) is 10.5. The zero-order valence-electron chi connectivity index (χ0n) is 19.6. The number of hydrogen-bond acceptors (Lipinski definition) is 4. The molecular formula is C26H29FIN3O3. The minimum atomic E-state index is -0.574. The third kappa shape index (κ3) is 5.96. The number of rotatable bonds is 6. The molecule has 0 fully saturated rings. The Kier molecular flexibility index (Phi) is 7.57. The quantitative estimate of drug-likeness (QED) is 0.259. The third-order valence-corrected chi connectivity index (χ3v) is 6.67. The molecule has 1 amide bonds. The van der Waals surface area contributed by atoms with Gasteiger partial charge in [-0.2, -0.15) is 5.10 Å². The average molecular weight is 577 g/mol. The molecule has 2 heterocycles. The lowest BCUT2D eigenvalue weighted by Crippen LogP contribution is -2.44. The standard InChI is InChI=1S/C26H29FIN3O3/c1-26(2,3)34-25(32)30-15-21(13-14-33-17-18-7-5-4-6-8-18)31-22(16-30)23(28)24(29-31)19-9-11-20(27)12-10-19/h4-12,21H,13-17H2,1-3H3/t21-/m1/s1. The van der Waals surface area contributed by atoms with Gasteiger partial charge in [0.15, 0.2) is 0 Å². The topological polar surface area (TPSA) is 56.6 Å². The minimum Gasteiger partial charge on any atom is -0.444 e. The fourth-order valence-corrected chi connectivity index (χ4v) is 4.76. The van der Waals surface area contributed by atoms with Crippen molar-refractivity contribution in [3.05, 3.63) is 75.2 Å². The van der Waals surface area contributed by atoms with Crippen molar-refractivity contribution in [1.82, 2.24) is 14.7 Å². The number of hydrogen-bond donors (Lipinski definition) is 0. The van der Waals surface area contributed by atoms with Crippen LogP contribution >= 0.6 is 22.6 Å². The summed E-state index contributed by atoms with van der Waals surface area (Å²) < 4.78 is 28.0. The average Bonchev–Trinajstić information content (AvgIpc) is 3.13. The smallest absolute Gasteiger partial charge is 0.410 e. The van der Waals surface area contributed by atoms with Crippen LogP contribution in [0.1, 0.15) is 44.5 Å². The van der Waals surface area contributed by atoms with E-state index in [1.807, 2.05) is 55.8 Å². The van der Waals surface area contributed by atoms with Crippen molar-refractivity contribution in [2.24, 2.45) is 0 Å². The molecule has 0 saturated carbocycles. The fourth-order valence-electron chi connectivity index (χ4n) is 3.93. The molecule has 0 bridgehead atoms. The Balaban J connectivity index is 1.55. The van der Waals surface area contributed by atoms with Gasteiger partial charge in [-0.25, -0.2) is 9.18 Å². The van der Waals surface area contributed by atoms with Crippen molar-refractivity contribution in [1.29, 1.82) is 0 Å². The zero-order chi connectivity index (χ0) is 24.3. The van der Waals surface area contributed by atoms with Gasteiger partial charge < -0.3 is 14.4 Å². The Hall–Kier alpha value is -2.46. The van der Waals surface area contributed by atoms with Crippen LogP contribution in [0.25, 0.3) is 11.3 Å². The zero-order valence-corrected chi connectivity index (χ0v) is 21.8. The molecular weight excluding hydrogens is 548 g/mol. The van der Waals surface area contributed by atoms with Crippen molar-refractivity contribution in [2.75, 3.05) is 13.2 Å². The highest BCUT2D eigenvalue weighted by atomic mass is 127. The van der Waals surface area contributed by atoms with E-state index in [0.717, 1.165) is 26.1 Å². The Labute approximate surface area is 213 Å². The minimum absolute atomic E-state index is 0.0604. The van der Waals surface area contributed by atoms with E-state index in [1.54, 1.807) is 17.0 Å². The van der Waals surface area contributed by atoms with Gasteiger partial charge in [0.1, 0.15) is 17.1 Å². The maximum atomic E-state index is 13.5. The van der Waals surface area contributed by atoms with Gasteiger partial charge in [-0.15, -0.1) is 0 Å². The summed E-state index contributed by atoms with van der Waals surface area (Å²) in [6, 6.07) is 16.3. The maximum Gasteiger partial charge on any atom is 0.410 e. The van der Waals surface area contributed by atoms with Crippen LogP contribution in [0.2, 0.25) is 0 Å². The number of carbonyl (C=O) groups is 1. The number of fused-ring (bicyclic) bond motifs is 1. The number of aromatic nitrogens is 2. The molecule has 0 saturated heterocycles. The number of benzene rings is 2. The molecule has 6 nitrogen and oxygen atoms in total. The van der Waals surface area contributed by atoms with Gasteiger partial charge in [-0.3, -0.25) is 4.68 Å². The van der Waals surface area contributed by atoms with Crippen LogP contribution in [0.3, 0.4) is 0 Å². The maximum absolute atomic E-state index is 13.5. The van der Waals surface area contributed by atoms with E-state index in [1.165, 1.54) is 12.1 Å². The van der Waals surface area contributed by atoms with E-state index in [0.29, 0.717) is 32.7 Å². The van der Waals surface area contributed by atoms with Crippen molar-refractivity contribution in [3.8, 4) is 11.3 Å². The van der Waals surface area contributed by atoms with Crippen molar-refractivity contribution < 1.29 is 18.7 Å². The lowest BCUT2D eigenvalue weighted by molar-refractivity contribution is 0.0131. The van der Waals surface area contributed by atoms with Crippen LogP contribution in [0, 0.1) is 9.39 Å². The third-order valence-electron chi connectivity index (χ3n) is 5.54. The second kappa shape index (κ2) is 10.4. The van der Waals surface area contributed by atoms with Crippen LogP contribution in [0.4, 0.5) is 9.18 Å². The van der Waals surface area contributed by atoms with Gasteiger partial charge in [-0.05, 0) is 79.6 Å². The normalized spacial score (nSPS) is 15.8. The molecule has 1 aliphatic rings. The molecule has 0 spiro atoms. The summed E-state index contributed by atoms with van der Waals surface area (Å²) in [6.45, 7) is 7.55. The lowest BCUT2D eigenvalue weighted by Gasteiger charge is -2.35. The van der Waals surface area contributed by atoms with Crippen LogP contribution in [-0.2, 0) is 22.6 Å². The van der Waals surface area contributed by atoms with E-state index in [2.05, 4.69) is 22.6 Å². The Morgan fingerprint density at radius 2 is 1.85 bits per heavy atom. The molecule has 1 atom stereocenters. The summed E-state index contributed by atoms with van der Waals surface area (Å²) in [4.78, 5) is 14.6. The summed E-state index contributed by atoms with van der Waals surface area (Å²) in [5.74, 6) is -0.285. The molecule has 0 unspecified atom stereocenters. The van der Waals surface area contributed by atoms with Gasteiger partial charge in [0.05, 0.1) is 28.5 Å². The molecule has 1 aliphatic heterocycles. The van der Waals surface area contributed by atoms with Gasteiger partial charge in [0, 0.05) is 18.7 Å². The van der Waals surface area contributed by atoms with E-state index >= 15 is 0 Å². The highest BCUT2D eigenvalue weighted by Gasteiger charge is 2.34. The number of nitrogens with zero attached hydrogens (tertiary/aromatic N) is 3. The Morgan fingerprint density at radius 1 is 1.15 bits per heavy atom. The van der Waals surface area contributed by atoms with E-state index in [4.69, 9.17) is 14.6 Å². The highest BCUT2D eigenvalue weighted by Crippen LogP contribution is 2.34. The molecule has 0 radical (unpaired) electrons. The van der Waals surface area contributed by atoms with Crippen molar-refractivity contribution in [3.63, 3.8) is 0 Å². The Bertz CT molecular complexity index is 1130. The van der Waals surface area contributed by atoms with Crippen LogP contribution in [0.5, 0.6) is 0 Å². The monoisotopic (exact) mass is 577 g/mol. The van der Waals surface area contributed by atoms with Crippen molar-refractivity contribution >= 4 is 28.7 Å². The molecule has 34 heavy (non-hydrogen) atoms. The van der Waals surface area contributed by atoms with E-state index < -0.39 is 5.60 Å². The molecule has 2 aromatic carbocycles. The van der Waals surface area contributed by atoms with E-state index in [-0.39, 0.29) is 18.0 Å². The number of carbonyl (C=O) groups excluding carboxylic acids is 1. The molecule has 1 aromatic heterocycles. The molecule has 0 aliphatic carbocycles. The molecule has 180 valence electrons. The van der Waals surface area contributed by atoms with Crippen LogP contribution in [0.15, 0.2) is 54.6 Å². The van der Waals surface area contributed by atoms with Gasteiger partial charge in [0.2, 0.25) is 0 Å². The summed E-state index contributed by atoms with van der Waals surface area (Å²) in [6.07, 6.45) is 0.356. The summed E-state index contributed by atoms with van der Waals surface area (Å²) >= 11 is 2.27. The first kappa shape index (κ1) is 24.7. The summed E-state index contributed by atoms with van der Waals surface area (Å²) in [5, 5.41) is 4.89. The van der Waals surface area contributed by atoms with Crippen LogP contribution in [-0.4, -0.2) is 39.5 Å². The number of amides is 1. The van der Waals surface area contributed by atoms with E-state index in [9.17, 15) is 9.18 Å². The van der Waals surface area contributed by atoms with Crippen LogP contribution < -0.4 is 0 Å². The molecule has 3 aromatic rings. The van der Waals surface area contributed by atoms with Gasteiger partial charge in [-0.1, -0.05) is 30.3 Å². The summed E-state index contributed by atoms with van der Waals surface area (Å²) in [5.41, 5.74) is 3.13. The first-order valence-electron chi connectivity index (χ1n) is 11.3. The molecule has 8 heteroatoms. The second-order valence-electron chi connectivity index (χ2n) is 9.40. The Morgan fingerprint density at radius 3 is 2.53 bits per heavy atom. The lowest BCUT2D eigenvalue weighted by atomic mass is 10.1. The summed E-state index contributed by atoms with van der Waals surface area (Å²) in [7, 11) is 0. The SMILES string of the molecule is CC(C)(C)OC(=O)N1Cc2c(I)c(-c3ccc(F)cc3)nn2[C@H](CCOCc2ccccc2)C1. The largest absolute Gasteiger partial charge is 0.444 e. The predicted molar refractivity (Wildman–Crippen MR) is 137 cm³/mol. The van der Waals surface area contributed by atoms with Gasteiger partial charge in [0.25, 0.3) is 0 Å². The fraction of sp³-hybridized carbons (Fsp3) is 0.385.